The van der Waals surface area contributed by atoms with Crippen molar-refractivity contribution in [3.63, 3.8) is 0 Å². The molecule has 4 atom stereocenters. The molecule has 0 aromatic rings. The molecule has 2 fully saturated rings. The molecule has 0 aromatic heterocycles. The van der Waals surface area contributed by atoms with Crippen LogP contribution in [0.25, 0.3) is 0 Å². The molecule has 0 radical (unpaired) electrons. The predicted octanol–water partition coefficient (Wildman–Crippen LogP) is 2.08. The Hall–Kier alpha value is 0.300. The summed E-state index contributed by atoms with van der Waals surface area (Å²) in [6.45, 7) is 0. The fraction of sp³-hybridized carbons (Fsp3) is 0.778. The van der Waals surface area contributed by atoms with Crippen LogP contribution in [0.1, 0.15) is 19.3 Å². The largest absolute Gasteiger partial charge is 0.298 e. The lowest BCUT2D eigenvalue weighted by Crippen LogP contribution is -2.45. The van der Waals surface area contributed by atoms with Gasteiger partial charge in [0.1, 0.15) is 11.6 Å². The third-order valence-electron chi connectivity index (χ3n) is 2.97. The van der Waals surface area contributed by atoms with E-state index in [1.165, 1.54) is 0 Å². The molecule has 0 aliphatic heterocycles. The standard InChI is InChI=1S/C9H10Br2O2/c10-6-2-4-1-5(9(6)13)3-7(11)8(4)12/h4-7H,1-3H2/t4-,5-,6?,7?/m0/s1. The Morgan fingerprint density at radius 3 is 1.62 bits per heavy atom. The van der Waals surface area contributed by atoms with Crippen LogP contribution in [0.15, 0.2) is 0 Å². The van der Waals surface area contributed by atoms with Crippen LogP contribution in [0.5, 0.6) is 0 Å². The third kappa shape index (κ3) is 1.63. The van der Waals surface area contributed by atoms with Gasteiger partial charge in [-0.3, -0.25) is 9.59 Å². The number of alkyl halides is 2. The Labute approximate surface area is 93.7 Å². The molecule has 2 saturated carbocycles. The molecule has 13 heavy (non-hydrogen) atoms. The molecule has 2 aliphatic carbocycles. The molecule has 72 valence electrons. The highest BCUT2D eigenvalue weighted by Crippen LogP contribution is 2.40. The fourth-order valence-electron chi connectivity index (χ4n) is 2.24. The summed E-state index contributed by atoms with van der Waals surface area (Å²) in [5.41, 5.74) is 0. The summed E-state index contributed by atoms with van der Waals surface area (Å²) in [5, 5.41) is 0. The van der Waals surface area contributed by atoms with Crippen LogP contribution in [0.2, 0.25) is 0 Å². The summed E-state index contributed by atoms with van der Waals surface area (Å²) in [6.07, 6.45) is 2.16. The zero-order valence-corrected chi connectivity index (χ0v) is 10.2. The number of hydrogen-bond donors (Lipinski definition) is 0. The Morgan fingerprint density at radius 2 is 1.23 bits per heavy atom. The van der Waals surface area contributed by atoms with E-state index in [1.54, 1.807) is 0 Å². The Kier molecular flexibility index (Phi) is 2.62. The summed E-state index contributed by atoms with van der Waals surface area (Å²) in [6, 6.07) is 0. The van der Waals surface area contributed by atoms with Gasteiger partial charge in [0.05, 0.1) is 9.65 Å². The molecule has 2 rings (SSSR count). The van der Waals surface area contributed by atoms with Gasteiger partial charge in [0.15, 0.2) is 0 Å². The zero-order valence-electron chi connectivity index (χ0n) is 7.00. The average Bonchev–Trinajstić information content (AvgIpc) is 2.09. The van der Waals surface area contributed by atoms with Crippen molar-refractivity contribution in [2.24, 2.45) is 11.8 Å². The number of halogens is 2. The Bertz CT molecular complexity index is 234. The molecule has 0 heterocycles. The van der Waals surface area contributed by atoms with Crippen molar-refractivity contribution in [1.29, 1.82) is 0 Å². The van der Waals surface area contributed by atoms with Gasteiger partial charge in [0.25, 0.3) is 0 Å². The van der Waals surface area contributed by atoms with Crippen LogP contribution < -0.4 is 0 Å². The molecule has 2 nitrogen and oxygen atoms in total. The molecule has 2 bridgehead atoms. The number of hydrogen-bond acceptors (Lipinski definition) is 2. The van der Waals surface area contributed by atoms with Crippen LogP contribution in [-0.2, 0) is 9.59 Å². The van der Waals surface area contributed by atoms with E-state index in [0.717, 1.165) is 6.42 Å². The normalized spacial score (nSPS) is 45.1. The fourth-order valence-corrected chi connectivity index (χ4v) is 3.89. The van der Waals surface area contributed by atoms with Gasteiger partial charge in [0, 0.05) is 11.8 Å². The van der Waals surface area contributed by atoms with E-state index in [2.05, 4.69) is 31.9 Å². The lowest BCUT2D eigenvalue weighted by Gasteiger charge is -2.36. The monoisotopic (exact) mass is 308 g/mol. The number of fused-ring (bicyclic) bond motifs is 2. The molecular weight excluding hydrogens is 300 g/mol. The molecular formula is C9H10Br2O2. The van der Waals surface area contributed by atoms with Crippen molar-refractivity contribution in [2.45, 2.75) is 28.9 Å². The second-order valence-electron chi connectivity index (χ2n) is 3.84. The molecule has 0 spiro atoms. The highest BCUT2D eigenvalue weighted by molar-refractivity contribution is 9.10. The second-order valence-corrected chi connectivity index (χ2v) is 6.05. The van der Waals surface area contributed by atoms with Crippen LogP contribution >= 0.6 is 31.9 Å². The van der Waals surface area contributed by atoms with E-state index in [4.69, 9.17) is 0 Å². The maximum atomic E-state index is 11.6. The minimum Gasteiger partial charge on any atom is -0.298 e. The SMILES string of the molecule is O=C1C(Br)C[C@@H]2C[C@H]1CC(Br)C2=O. The summed E-state index contributed by atoms with van der Waals surface area (Å²) in [7, 11) is 0. The summed E-state index contributed by atoms with van der Waals surface area (Å²) < 4.78 is 0. The van der Waals surface area contributed by atoms with Gasteiger partial charge in [-0.15, -0.1) is 0 Å². The summed E-state index contributed by atoms with van der Waals surface area (Å²) >= 11 is 6.68. The first-order chi connectivity index (χ1) is 6.09. The lowest BCUT2D eigenvalue weighted by atomic mass is 9.71. The van der Waals surface area contributed by atoms with Gasteiger partial charge in [0.2, 0.25) is 0 Å². The number of carbonyl (C=O) groups is 2. The minimum atomic E-state index is -0.0831. The maximum Gasteiger partial charge on any atom is 0.149 e. The van der Waals surface area contributed by atoms with E-state index in [0.29, 0.717) is 12.8 Å². The van der Waals surface area contributed by atoms with Crippen molar-refractivity contribution in [3.8, 4) is 0 Å². The van der Waals surface area contributed by atoms with Gasteiger partial charge >= 0.3 is 0 Å². The molecule has 0 aromatic carbocycles. The minimum absolute atomic E-state index is 0.0831. The van der Waals surface area contributed by atoms with Crippen LogP contribution in [-0.4, -0.2) is 21.2 Å². The Morgan fingerprint density at radius 1 is 0.846 bits per heavy atom. The van der Waals surface area contributed by atoms with Gasteiger partial charge in [-0.05, 0) is 19.3 Å². The molecule has 4 heteroatoms. The number of Topliss-reactive ketones (excluding diaryl/α,β-unsaturated/α-hetero) is 2. The van der Waals surface area contributed by atoms with E-state index >= 15 is 0 Å². The molecule has 2 aliphatic rings. The van der Waals surface area contributed by atoms with E-state index in [1.807, 2.05) is 0 Å². The van der Waals surface area contributed by atoms with Crippen molar-refractivity contribution in [3.05, 3.63) is 0 Å². The first-order valence-corrected chi connectivity index (χ1v) is 6.28. The highest BCUT2D eigenvalue weighted by atomic mass is 79.9. The van der Waals surface area contributed by atoms with Crippen LogP contribution in [0.3, 0.4) is 0 Å². The highest BCUT2D eigenvalue weighted by Gasteiger charge is 2.44. The summed E-state index contributed by atoms with van der Waals surface area (Å²) in [4.78, 5) is 23.1. The first-order valence-electron chi connectivity index (χ1n) is 4.45. The maximum absolute atomic E-state index is 11.6. The molecule has 0 N–H and O–H groups in total. The zero-order chi connectivity index (χ0) is 9.59. The van der Waals surface area contributed by atoms with E-state index < -0.39 is 0 Å². The van der Waals surface area contributed by atoms with Crippen molar-refractivity contribution >= 4 is 43.4 Å². The topological polar surface area (TPSA) is 34.1 Å². The number of carbonyl (C=O) groups excluding carboxylic acids is 2. The predicted molar refractivity (Wildman–Crippen MR) is 56.3 cm³/mol. The number of rotatable bonds is 0. The molecule has 2 unspecified atom stereocenters. The number of ketones is 2. The smallest absolute Gasteiger partial charge is 0.149 e. The van der Waals surface area contributed by atoms with Gasteiger partial charge in [-0.25, -0.2) is 0 Å². The second kappa shape index (κ2) is 3.46. The quantitative estimate of drug-likeness (QED) is 0.642. The van der Waals surface area contributed by atoms with Gasteiger partial charge < -0.3 is 0 Å². The molecule has 0 amide bonds. The Balaban J connectivity index is 2.21. The summed E-state index contributed by atoms with van der Waals surface area (Å²) in [5.74, 6) is 0.775. The van der Waals surface area contributed by atoms with Crippen LogP contribution in [0, 0.1) is 11.8 Å². The van der Waals surface area contributed by atoms with E-state index in [9.17, 15) is 9.59 Å². The van der Waals surface area contributed by atoms with Crippen molar-refractivity contribution in [1.82, 2.24) is 0 Å². The lowest BCUT2D eigenvalue weighted by molar-refractivity contribution is -0.133. The average molecular weight is 310 g/mol. The molecule has 0 saturated heterocycles. The first kappa shape index (κ1) is 9.84. The van der Waals surface area contributed by atoms with Gasteiger partial charge in [-0.2, -0.15) is 0 Å². The van der Waals surface area contributed by atoms with Gasteiger partial charge in [-0.1, -0.05) is 31.9 Å². The van der Waals surface area contributed by atoms with E-state index in [-0.39, 0.29) is 33.1 Å². The van der Waals surface area contributed by atoms with Crippen LogP contribution in [0.4, 0.5) is 0 Å². The third-order valence-corrected chi connectivity index (χ3v) is 4.62. The van der Waals surface area contributed by atoms with Crippen molar-refractivity contribution < 1.29 is 9.59 Å². The van der Waals surface area contributed by atoms with Crippen molar-refractivity contribution in [2.75, 3.05) is 0 Å².